The highest BCUT2D eigenvalue weighted by Crippen LogP contribution is 2.30. The highest BCUT2D eigenvalue weighted by molar-refractivity contribution is 8.03. The minimum Gasteiger partial charge on any atom is -0.272 e. The molecule has 3 aromatic rings. The maximum atomic E-state index is 12.0. The molecule has 1 amide bonds. The topological polar surface area (TPSA) is 67.2 Å². The van der Waals surface area contributed by atoms with Crippen molar-refractivity contribution in [3.63, 3.8) is 0 Å². The lowest BCUT2D eigenvalue weighted by Crippen LogP contribution is -2.21. The van der Waals surface area contributed by atoms with Crippen LogP contribution in [0.2, 0.25) is 5.02 Å². The van der Waals surface area contributed by atoms with Crippen LogP contribution in [0.4, 0.5) is 0 Å². The van der Waals surface area contributed by atoms with Gasteiger partial charge in [-0.15, -0.1) is 10.2 Å². The van der Waals surface area contributed by atoms with Crippen LogP contribution in [0, 0.1) is 0 Å². The number of benzene rings is 2. The Kier molecular flexibility index (Phi) is 7.90. The van der Waals surface area contributed by atoms with Gasteiger partial charge in [0.2, 0.25) is 0 Å². The number of nitrogens with zero attached hydrogens (tertiary/aromatic N) is 3. The van der Waals surface area contributed by atoms with Gasteiger partial charge in [0.05, 0.1) is 11.5 Å². The first-order valence-electron chi connectivity index (χ1n) is 8.33. The summed E-state index contributed by atoms with van der Waals surface area (Å²) >= 11 is 10.6. The van der Waals surface area contributed by atoms with E-state index in [9.17, 15) is 4.79 Å². The molecular formula is C19H17ClN4OS3. The van der Waals surface area contributed by atoms with Gasteiger partial charge in [0.1, 0.15) is 0 Å². The molecule has 3 rings (SSSR count). The Morgan fingerprint density at radius 3 is 2.50 bits per heavy atom. The summed E-state index contributed by atoms with van der Waals surface area (Å²) in [4.78, 5) is 12.0. The Labute approximate surface area is 181 Å². The lowest BCUT2D eigenvalue weighted by atomic mass is 10.1. The molecule has 9 heteroatoms. The lowest BCUT2D eigenvalue weighted by molar-refractivity contribution is -0.118. The molecule has 1 N–H and O–H groups in total. The predicted octanol–water partition coefficient (Wildman–Crippen LogP) is 5.12. The Morgan fingerprint density at radius 2 is 1.75 bits per heavy atom. The van der Waals surface area contributed by atoms with Gasteiger partial charge in [-0.2, -0.15) is 5.10 Å². The molecule has 0 saturated carbocycles. The van der Waals surface area contributed by atoms with Crippen LogP contribution in [0.1, 0.15) is 18.1 Å². The minimum absolute atomic E-state index is 0.204. The summed E-state index contributed by atoms with van der Waals surface area (Å²) in [7, 11) is 0. The Morgan fingerprint density at radius 1 is 1.07 bits per heavy atom. The minimum atomic E-state index is -0.204. The number of amides is 1. The summed E-state index contributed by atoms with van der Waals surface area (Å²) in [5.74, 6) is 0.860. The summed E-state index contributed by atoms with van der Waals surface area (Å²) in [5.41, 5.74) is 5.24. The fraction of sp³-hybridized carbons (Fsp3) is 0.158. The van der Waals surface area contributed by atoms with E-state index in [4.69, 9.17) is 11.6 Å². The van der Waals surface area contributed by atoms with E-state index in [0.29, 0.717) is 10.7 Å². The first-order valence-corrected chi connectivity index (χ1v) is 11.5. The third kappa shape index (κ3) is 6.34. The summed E-state index contributed by atoms with van der Waals surface area (Å²) in [6, 6.07) is 17.6. The van der Waals surface area contributed by atoms with Gasteiger partial charge < -0.3 is 0 Å². The molecule has 0 unspecified atom stereocenters. The number of nitrogens with one attached hydrogen (secondary N) is 1. The van der Waals surface area contributed by atoms with E-state index < -0.39 is 0 Å². The normalized spacial score (nSPS) is 11.4. The third-order valence-corrected chi connectivity index (χ3v) is 7.12. The van der Waals surface area contributed by atoms with Crippen molar-refractivity contribution < 1.29 is 4.79 Å². The molecular weight excluding hydrogens is 432 g/mol. The number of hydrazone groups is 1. The molecule has 0 fully saturated rings. The molecule has 5 nitrogen and oxygen atoms in total. The zero-order valence-electron chi connectivity index (χ0n) is 15.0. The van der Waals surface area contributed by atoms with Gasteiger partial charge in [-0.05, 0) is 18.6 Å². The van der Waals surface area contributed by atoms with Crippen molar-refractivity contribution in [2.45, 2.75) is 21.4 Å². The van der Waals surface area contributed by atoms with Gasteiger partial charge in [-0.1, -0.05) is 95.0 Å². The molecule has 1 heterocycles. The van der Waals surface area contributed by atoms with E-state index in [1.54, 1.807) is 24.8 Å². The number of halogens is 1. The van der Waals surface area contributed by atoms with Gasteiger partial charge in [0.15, 0.2) is 8.68 Å². The van der Waals surface area contributed by atoms with Crippen LogP contribution in [-0.2, 0) is 10.5 Å². The zero-order chi connectivity index (χ0) is 19.8. The number of rotatable bonds is 8. The van der Waals surface area contributed by atoms with Crippen molar-refractivity contribution in [1.29, 1.82) is 0 Å². The van der Waals surface area contributed by atoms with Crippen molar-refractivity contribution in [1.82, 2.24) is 15.6 Å². The van der Waals surface area contributed by atoms with Gasteiger partial charge in [-0.3, -0.25) is 4.79 Å². The van der Waals surface area contributed by atoms with Crippen LogP contribution < -0.4 is 5.43 Å². The molecule has 0 aliphatic rings. The third-order valence-electron chi connectivity index (χ3n) is 3.53. The second-order valence-electron chi connectivity index (χ2n) is 5.61. The van der Waals surface area contributed by atoms with E-state index in [0.717, 1.165) is 20.0 Å². The van der Waals surface area contributed by atoms with E-state index >= 15 is 0 Å². The Hall–Kier alpha value is -1.87. The van der Waals surface area contributed by atoms with Crippen molar-refractivity contribution in [3.05, 3.63) is 70.7 Å². The zero-order valence-corrected chi connectivity index (χ0v) is 18.2. The number of carbonyl (C=O) groups is 1. The summed E-state index contributed by atoms with van der Waals surface area (Å²) in [6.45, 7) is 1.80. The van der Waals surface area contributed by atoms with Crippen LogP contribution in [0.3, 0.4) is 0 Å². The first kappa shape index (κ1) is 20.9. The molecule has 0 spiro atoms. The van der Waals surface area contributed by atoms with Gasteiger partial charge in [0, 0.05) is 16.3 Å². The molecule has 0 bridgehead atoms. The average Bonchev–Trinajstić information content (AvgIpc) is 3.18. The van der Waals surface area contributed by atoms with E-state index in [2.05, 4.69) is 32.9 Å². The molecule has 144 valence electrons. The van der Waals surface area contributed by atoms with E-state index in [1.165, 1.54) is 28.7 Å². The standard InChI is InChI=1S/C19H17ClN4OS3/c1-13(15-9-5-6-10-16(15)20)21-22-17(25)12-27-19-24-23-18(28-19)26-11-14-7-3-2-4-8-14/h2-10H,11-12H2,1H3,(H,22,25)/b21-13+. The number of hydrogen-bond donors (Lipinski definition) is 1. The van der Waals surface area contributed by atoms with Gasteiger partial charge >= 0.3 is 0 Å². The van der Waals surface area contributed by atoms with Crippen molar-refractivity contribution in [3.8, 4) is 0 Å². The van der Waals surface area contributed by atoms with Crippen molar-refractivity contribution in [2.24, 2.45) is 5.10 Å². The van der Waals surface area contributed by atoms with Gasteiger partial charge in [0.25, 0.3) is 5.91 Å². The number of aromatic nitrogens is 2. The van der Waals surface area contributed by atoms with Crippen LogP contribution >= 0.6 is 46.5 Å². The van der Waals surface area contributed by atoms with E-state index in [-0.39, 0.29) is 11.7 Å². The molecule has 1 aromatic heterocycles. The molecule has 0 aliphatic carbocycles. The summed E-state index contributed by atoms with van der Waals surface area (Å²) in [6.07, 6.45) is 0. The molecule has 0 atom stereocenters. The Bertz CT molecular complexity index is 963. The summed E-state index contributed by atoms with van der Waals surface area (Å²) < 4.78 is 1.65. The van der Waals surface area contributed by atoms with Crippen LogP contribution in [0.15, 0.2) is 68.4 Å². The fourth-order valence-electron chi connectivity index (χ4n) is 2.15. The molecule has 0 saturated heterocycles. The quantitative estimate of drug-likeness (QED) is 0.294. The first-order chi connectivity index (χ1) is 13.6. The molecule has 0 aliphatic heterocycles. The molecule has 2 aromatic carbocycles. The molecule has 0 radical (unpaired) electrons. The monoisotopic (exact) mass is 448 g/mol. The Balaban J connectivity index is 1.45. The van der Waals surface area contributed by atoms with Crippen molar-refractivity contribution in [2.75, 3.05) is 5.75 Å². The van der Waals surface area contributed by atoms with Gasteiger partial charge in [-0.25, -0.2) is 5.43 Å². The largest absolute Gasteiger partial charge is 0.272 e. The van der Waals surface area contributed by atoms with Crippen LogP contribution in [0.5, 0.6) is 0 Å². The van der Waals surface area contributed by atoms with Crippen molar-refractivity contribution >= 4 is 58.1 Å². The summed E-state index contributed by atoms with van der Waals surface area (Å²) in [5, 5.41) is 13.0. The smallest absolute Gasteiger partial charge is 0.250 e. The number of thioether (sulfide) groups is 2. The molecule has 28 heavy (non-hydrogen) atoms. The van der Waals surface area contributed by atoms with Crippen LogP contribution in [0.25, 0.3) is 0 Å². The number of hydrogen-bond acceptors (Lipinski definition) is 7. The average molecular weight is 449 g/mol. The lowest BCUT2D eigenvalue weighted by Gasteiger charge is -2.04. The maximum absolute atomic E-state index is 12.0. The van der Waals surface area contributed by atoms with E-state index in [1.807, 2.05) is 36.4 Å². The second-order valence-corrected chi connectivity index (χ2v) is 9.44. The van der Waals surface area contributed by atoms with Crippen LogP contribution in [-0.4, -0.2) is 27.6 Å². The fourth-order valence-corrected chi connectivity index (χ4v) is 5.19. The number of carbonyl (C=O) groups excluding carboxylic acids is 1. The maximum Gasteiger partial charge on any atom is 0.250 e. The highest BCUT2D eigenvalue weighted by atomic mass is 35.5. The highest BCUT2D eigenvalue weighted by Gasteiger charge is 2.09. The second kappa shape index (κ2) is 10.6. The predicted molar refractivity (Wildman–Crippen MR) is 118 cm³/mol. The SMILES string of the molecule is C/C(=N\NC(=O)CSc1nnc(SCc2ccccc2)s1)c1ccccc1Cl.